The molecule has 17 heavy (non-hydrogen) atoms. The van der Waals surface area contributed by atoms with Crippen LogP contribution in [-0.2, 0) is 24.8 Å². The van der Waals surface area contributed by atoms with Gasteiger partial charge in [-0.3, -0.25) is 14.4 Å². The summed E-state index contributed by atoms with van der Waals surface area (Å²) in [6.07, 6.45) is 2.81. The van der Waals surface area contributed by atoms with Crippen LogP contribution in [0.3, 0.4) is 0 Å². The van der Waals surface area contributed by atoms with E-state index in [4.69, 9.17) is 5.11 Å². The molecule has 5 heteroatoms. The lowest BCUT2D eigenvalue weighted by molar-refractivity contribution is -0.148. The molecule has 1 heterocycles. The highest BCUT2D eigenvalue weighted by atomic mass is 16.4. The van der Waals surface area contributed by atoms with E-state index in [-0.39, 0.29) is 0 Å². The van der Waals surface area contributed by atoms with Crippen molar-refractivity contribution in [2.75, 3.05) is 7.05 Å². The number of rotatable bonds is 5. The molecule has 1 aromatic heterocycles. The van der Waals surface area contributed by atoms with Gasteiger partial charge in [0.25, 0.3) is 0 Å². The maximum atomic E-state index is 11.1. The third-order valence-corrected chi connectivity index (χ3v) is 3.21. The lowest BCUT2D eigenvalue weighted by atomic mass is 10.0. The quantitative estimate of drug-likeness (QED) is 0.841. The van der Waals surface area contributed by atoms with Gasteiger partial charge in [-0.15, -0.1) is 0 Å². The Kier molecular flexibility index (Phi) is 3.93. The van der Waals surface area contributed by atoms with E-state index in [0.717, 1.165) is 17.7 Å². The molecule has 0 spiro atoms. The van der Waals surface area contributed by atoms with Gasteiger partial charge in [-0.2, -0.15) is 5.10 Å². The molecule has 1 rings (SSSR count). The van der Waals surface area contributed by atoms with Crippen molar-refractivity contribution in [3.8, 4) is 0 Å². The summed E-state index contributed by atoms with van der Waals surface area (Å²) >= 11 is 0. The first-order valence-corrected chi connectivity index (χ1v) is 5.75. The van der Waals surface area contributed by atoms with Crippen LogP contribution in [0.4, 0.5) is 0 Å². The summed E-state index contributed by atoms with van der Waals surface area (Å²) in [7, 11) is 3.70. The second-order valence-corrected chi connectivity index (χ2v) is 4.85. The van der Waals surface area contributed by atoms with Crippen molar-refractivity contribution in [1.82, 2.24) is 14.7 Å². The normalized spacial score (nSPS) is 12.1. The van der Waals surface area contributed by atoms with Crippen molar-refractivity contribution in [2.24, 2.45) is 7.05 Å². The Hall–Kier alpha value is -1.36. The van der Waals surface area contributed by atoms with Crippen molar-refractivity contribution >= 4 is 5.97 Å². The van der Waals surface area contributed by atoms with E-state index in [1.54, 1.807) is 18.5 Å². The summed E-state index contributed by atoms with van der Waals surface area (Å²) in [5.74, 6) is -0.818. The Morgan fingerprint density at radius 2 is 2.18 bits per heavy atom. The van der Waals surface area contributed by atoms with Crippen LogP contribution in [0.5, 0.6) is 0 Å². The molecule has 1 N–H and O–H groups in total. The van der Waals surface area contributed by atoms with Gasteiger partial charge in [0.2, 0.25) is 0 Å². The van der Waals surface area contributed by atoms with Crippen LogP contribution in [-0.4, -0.2) is 38.3 Å². The number of carbonyl (C=O) groups is 1. The average molecular weight is 239 g/mol. The maximum Gasteiger partial charge on any atom is 0.323 e. The molecule has 0 aliphatic carbocycles. The second-order valence-electron chi connectivity index (χ2n) is 4.85. The van der Waals surface area contributed by atoms with Crippen molar-refractivity contribution in [3.63, 3.8) is 0 Å². The van der Waals surface area contributed by atoms with Gasteiger partial charge in [-0.25, -0.2) is 0 Å². The number of hydrogen-bond acceptors (Lipinski definition) is 3. The number of nitrogens with zero attached hydrogens (tertiary/aromatic N) is 3. The Morgan fingerprint density at radius 3 is 2.65 bits per heavy atom. The lowest BCUT2D eigenvalue weighted by Crippen LogP contribution is -2.47. The molecular formula is C12H21N3O2. The predicted molar refractivity (Wildman–Crippen MR) is 65.8 cm³/mol. The van der Waals surface area contributed by atoms with Crippen LogP contribution in [0.2, 0.25) is 0 Å². The van der Waals surface area contributed by atoms with E-state index in [0.29, 0.717) is 6.54 Å². The SMILES string of the molecule is CCc1nn(C)cc1CN(C)C(C)(C)C(=O)O. The third kappa shape index (κ3) is 2.85. The molecular weight excluding hydrogens is 218 g/mol. The highest BCUT2D eigenvalue weighted by Gasteiger charge is 2.32. The fourth-order valence-electron chi connectivity index (χ4n) is 1.63. The smallest absolute Gasteiger partial charge is 0.323 e. The fourth-order valence-corrected chi connectivity index (χ4v) is 1.63. The Labute approximate surface area is 102 Å². The molecule has 5 nitrogen and oxygen atoms in total. The van der Waals surface area contributed by atoms with Crippen LogP contribution in [0.25, 0.3) is 0 Å². The van der Waals surface area contributed by atoms with Crippen LogP contribution in [0, 0.1) is 0 Å². The summed E-state index contributed by atoms with van der Waals surface area (Å²) in [5.41, 5.74) is 1.24. The van der Waals surface area contributed by atoms with Crippen LogP contribution < -0.4 is 0 Å². The van der Waals surface area contributed by atoms with Crippen molar-refractivity contribution in [3.05, 3.63) is 17.5 Å². The van der Waals surface area contributed by atoms with Gasteiger partial charge in [0.05, 0.1) is 5.69 Å². The van der Waals surface area contributed by atoms with E-state index >= 15 is 0 Å². The summed E-state index contributed by atoms with van der Waals surface area (Å²) < 4.78 is 1.77. The summed E-state index contributed by atoms with van der Waals surface area (Å²) in [6.45, 7) is 6.05. The van der Waals surface area contributed by atoms with E-state index in [1.165, 1.54) is 0 Å². The highest BCUT2D eigenvalue weighted by molar-refractivity contribution is 5.77. The first-order chi connectivity index (χ1) is 7.78. The van der Waals surface area contributed by atoms with Gasteiger partial charge in [0, 0.05) is 25.4 Å². The summed E-state index contributed by atoms with van der Waals surface area (Å²) in [5, 5.41) is 13.5. The van der Waals surface area contributed by atoms with E-state index in [9.17, 15) is 4.79 Å². The van der Waals surface area contributed by atoms with Gasteiger partial charge >= 0.3 is 5.97 Å². The minimum absolute atomic E-state index is 0.594. The first-order valence-electron chi connectivity index (χ1n) is 5.75. The number of carboxylic acids is 1. The molecule has 0 unspecified atom stereocenters. The monoisotopic (exact) mass is 239 g/mol. The first kappa shape index (κ1) is 13.7. The summed E-state index contributed by atoms with van der Waals surface area (Å²) in [6, 6.07) is 0. The standard InChI is InChI=1S/C12H21N3O2/c1-6-10-9(8-15(5)13-10)7-14(4)12(2,3)11(16)17/h8H,6-7H2,1-5H3,(H,16,17). The van der Waals surface area contributed by atoms with Crippen molar-refractivity contribution in [2.45, 2.75) is 39.3 Å². The Balaban J connectivity index is 2.87. The minimum Gasteiger partial charge on any atom is -0.480 e. The van der Waals surface area contributed by atoms with Crippen LogP contribution >= 0.6 is 0 Å². The number of carboxylic acid groups (broad SMARTS) is 1. The number of likely N-dealkylation sites (N-methyl/N-ethyl adjacent to an activating group) is 1. The second kappa shape index (κ2) is 4.87. The van der Waals surface area contributed by atoms with Crippen LogP contribution in [0.15, 0.2) is 6.20 Å². The van der Waals surface area contributed by atoms with Gasteiger partial charge < -0.3 is 5.11 Å². The minimum atomic E-state index is -0.874. The van der Waals surface area contributed by atoms with E-state index in [2.05, 4.69) is 5.10 Å². The molecule has 0 aliphatic rings. The molecule has 0 saturated heterocycles. The maximum absolute atomic E-state index is 11.1. The molecule has 0 saturated carbocycles. The summed E-state index contributed by atoms with van der Waals surface area (Å²) in [4.78, 5) is 13.0. The number of aliphatic carboxylic acids is 1. The molecule has 1 aromatic rings. The number of aromatic nitrogens is 2. The zero-order chi connectivity index (χ0) is 13.2. The number of aryl methyl sites for hydroxylation is 2. The Bertz CT molecular complexity index is 410. The zero-order valence-corrected chi connectivity index (χ0v) is 11.2. The number of hydrogen-bond donors (Lipinski definition) is 1. The zero-order valence-electron chi connectivity index (χ0n) is 11.2. The third-order valence-electron chi connectivity index (χ3n) is 3.21. The predicted octanol–water partition coefficient (Wildman–Crippen LogP) is 1.28. The average Bonchev–Trinajstić information content (AvgIpc) is 2.58. The van der Waals surface area contributed by atoms with Gasteiger partial charge in [-0.1, -0.05) is 6.92 Å². The lowest BCUT2D eigenvalue weighted by Gasteiger charge is -2.31. The largest absolute Gasteiger partial charge is 0.480 e. The van der Waals surface area contributed by atoms with Gasteiger partial charge in [0.15, 0.2) is 0 Å². The molecule has 0 aromatic carbocycles. The van der Waals surface area contributed by atoms with E-state index < -0.39 is 11.5 Å². The van der Waals surface area contributed by atoms with Crippen molar-refractivity contribution < 1.29 is 9.90 Å². The molecule has 0 bridgehead atoms. The topological polar surface area (TPSA) is 58.4 Å². The van der Waals surface area contributed by atoms with Crippen LogP contribution in [0.1, 0.15) is 32.0 Å². The molecule has 0 fully saturated rings. The molecule has 0 amide bonds. The molecule has 0 aliphatic heterocycles. The molecule has 96 valence electrons. The van der Waals surface area contributed by atoms with Crippen molar-refractivity contribution in [1.29, 1.82) is 0 Å². The van der Waals surface area contributed by atoms with Gasteiger partial charge in [-0.05, 0) is 27.3 Å². The van der Waals surface area contributed by atoms with Gasteiger partial charge in [0.1, 0.15) is 5.54 Å². The van der Waals surface area contributed by atoms with E-state index in [1.807, 2.05) is 32.1 Å². The molecule has 0 atom stereocenters. The fraction of sp³-hybridized carbons (Fsp3) is 0.667. The molecule has 0 radical (unpaired) electrons. The highest BCUT2D eigenvalue weighted by Crippen LogP contribution is 2.18. The Morgan fingerprint density at radius 1 is 1.59 bits per heavy atom.